The summed E-state index contributed by atoms with van der Waals surface area (Å²) in [5.74, 6) is 2.29. The van der Waals surface area contributed by atoms with E-state index in [1.54, 1.807) is 11.8 Å². The maximum Gasteiger partial charge on any atom is 0.324 e. The number of aromatic nitrogens is 2. The summed E-state index contributed by atoms with van der Waals surface area (Å²) in [5.41, 5.74) is 5.86. The molecule has 2 aliphatic rings. The number of para-hydroxylation sites is 1. The molecule has 2 atom stereocenters. The molecular weight excluding hydrogens is 586 g/mol. The van der Waals surface area contributed by atoms with Crippen molar-refractivity contribution in [1.82, 2.24) is 14.7 Å². The Labute approximate surface area is 278 Å². The maximum atomic E-state index is 13.3. The number of hydrogen-bond acceptors (Lipinski definition) is 4. The minimum Gasteiger partial charge on any atom is -0.496 e. The summed E-state index contributed by atoms with van der Waals surface area (Å²) in [6, 6.07) is 26.5. The Bertz CT molecular complexity index is 1690. The number of urea groups is 1. The molecule has 3 amide bonds. The van der Waals surface area contributed by atoms with E-state index in [9.17, 15) is 9.59 Å². The maximum absolute atomic E-state index is 13.3. The van der Waals surface area contributed by atoms with E-state index >= 15 is 0 Å². The van der Waals surface area contributed by atoms with Gasteiger partial charge in [0, 0.05) is 35.7 Å². The van der Waals surface area contributed by atoms with Crippen LogP contribution in [0.5, 0.6) is 5.75 Å². The molecule has 4 aromatic rings. The number of methoxy groups -OCH3 is 1. The van der Waals surface area contributed by atoms with E-state index in [-0.39, 0.29) is 17.4 Å². The molecule has 2 unspecified atom stereocenters. The molecule has 2 bridgehead atoms. The third kappa shape index (κ3) is 7.53. The molecule has 3 aromatic carbocycles. The SMILES string of the molecule is COc1ccccc1CCC(=O)N1C2CCC1CC(Cc1ccc(NC(=O)Nc3cc(C(C)(C)C)nn3-c3ccc(C)cc3)cc1)C2. The van der Waals surface area contributed by atoms with E-state index in [1.165, 1.54) is 5.56 Å². The van der Waals surface area contributed by atoms with Gasteiger partial charge in [0.25, 0.3) is 0 Å². The van der Waals surface area contributed by atoms with Crippen molar-refractivity contribution in [3.8, 4) is 11.4 Å². The number of carbonyl (C=O) groups excluding carboxylic acids is 2. The van der Waals surface area contributed by atoms with Gasteiger partial charge >= 0.3 is 6.03 Å². The van der Waals surface area contributed by atoms with Crippen LogP contribution in [0.1, 0.15) is 75.3 Å². The van der Waals surface area contributed by atoms with E-state index in [0.29, 0.717) is 36.7 Å². The zero-order chi connectivity index (χ0) is 33.1. The second kappa shape index (κ2) is 13.6. The van der Waals surface area contributed by atoms with Gasteiger partial charge in [-0.1, -0.05) is 68.8 Å². The van der Waals surface area contributed by atoms with E-state index in [4.69, 9.17) is 9.84 Å². The number of aryl methyl sites for hydroxylation is 2. The van der Waals surface area contributed by atoms with Crippen molar-refractivity contribution in [1.29, 1.82) is 0 Å². The molecule has 3 heterocycles. The molecule has 2 fully saturated rings. The van der Waals surface area contributed by atoms with E-state index in [2.05, 4.69) is 48.4 Å². The first-order valence-electron chi connectivity index (χ1n) is 16.8. The highest BCUT2D eigenvalue weighted by atomic mass is 16.5. The van der Waals surface area contributed by atoms with E-state index in [1.807, 2.05) is 73.7 Å². The summed E-state index contributed by atoms with van der Waals surface area (Å²) in [6.07, 6.45) is 6.49. The van der Waals surface area contributed by atoms with Gasteiger partial charge < -0.3 is 15.0 Å². The van der Waals surface area contributed by atoms with E-state index in [0.717, 1.165) is 66.0 Å². The predicted molar refractivity (Wildman–Crippen MR) is 187 cm³/mol. The van der Waals surface area contributed by atoms with E-state index < -0.39 is 0 Å². The Hall–Kier alpha value is -4.59. The van der Waals surface area contributed by atoms with Crippen LogP contribution in [0, 0.1) is 12.8 Å². The lowest BCUT2D eigenvalue weighted by atomic mass is 9.85. The van der Waals surface area contributed by atoms with Crippen LogP contribution in [0.15, 0.2) is 78.9 Å². The van der Waals surface area contributed by atoms with Crippen molar-refractivity contribution in [2.24, 2.45) is 5.92 Å². The van der Waals surface area contributed by atoms with Gasteiger partial charge in [0.2, 0.25) is 5.91 Å². The average molecular weight is 634 g/mol. The normalized spacial score (nSPS) is 19.0. The van der Waals surface area contributed by atoms with Crippen LogP contribution < -0.4 is 15.4 Å². The number of nitrogens with one attached hydrogen (secondary N) is 2. The van der Waals surface area contributed by atoms with Gasteiger partial charge in [-0.3, -0.25) is 10.1 Å². The van der Waals surface area contributed by atoms with Gasteiger partial charge in [-0.05, 0) is 92.8 Å². The molecule has 6 rings (SSSR count). The second-order valence-electron chi connectivity index (χ2n) is 14.2. The molecule has 2 aliphatic heterocycles. The Morgan fingerprint density at radius 2 is 1.60 bits per heavy atom. The molecule has 8 heteroatoms. The zero-order valence-corrected chi connectivity index (χ0v) is 28.3. The number of anilines is 2. The molecular formula is C39H47N5O3. The van der Waals surface area contributed by atoms with Crippen LogP contribution in [-0.2, 0) is 23.1 Å². The van der Waals surface area contributed by atoms with Gasteiger partial charge in [0.15, 0.2) is 0 Å². The number of hydrogen-bond donors (Lipinski definition) is 2. The average Bonchev–Trinajstić information content (AvgIpc) is 3.59. The fourth-order valence-corrected chi connectivity index (χ4v) is 7.20. The minimum absolute atomic E-state index is 0.165. The van der Waals surface area contributed by atoms with Gasteiger partial charge in [0.1, 0.15) is 11.6 Å². The lowest BCUT2D eigenvalue weighted by molar-refractivity contribution is -0.136. The molecule has 246 valence electrons. The van der Waals surface area contributed by atoms with Crippen molar-refractivity contribution in [2.75, 3.05) is 17.7 Å². The largest absolute Gasteiger partial charge is 0.496 e. The van der Waals surface area contributed by atoms with Gasteiger partial charge in [-0.25, -0.2) is 9.48 Å². The summed E-state index contributed by atoms with van der Waals surface area (Å²) < 4.78 is 7.27. The topological polar surface area (TPSA) is 88.5 Å². The van der Waals surface area contributed by atoms with Crippen molar-refractivity contribution in [2.45, 2.75) is 90.1 Å². The first kappa shape index (κ1) is 32.4. The first-order valence-corrected chi connectivity index (χ1v) is 16.8. The van der Waals surface area contributed by atoms with Crippen LogP contribution in [0.3, 0.4) is 0 Å². The highest BCUT2D eigenvalue weighted by Crippen LogP contribution is 2.40. The summed E-state index contributed by atoms with van der Waals surface area (Å²) in [4.78, 5) is 28.6. The number of piperidine rings is 1. The fraction of sp³-hybridized carbons (Fsp3) is 0.410. The van der Waals surface area contributed by atoms with Gasteiger partial charge in [-0.2, -0.15) is 5.10 Å². The highest BCUT2D eigenvalue weighted by molar-refractivity contribution is 5.99. The predicted octanol–water partition coefficient (Wildman–Crippen LogP) is 8.08. The smallest absolute Gasteiger partial charge is 0.324 e. The highest BCUT2D eigenvalue weighted by Gasteiger charge is 2.42. The summed E-state index contributed by atoms with van der Waals surface area (Å²) in [5, 5.41) is 10.8. The molecule has 47 heavy (non-hydrogen) atoms. The number of carbonyl (C=O) groups is 2. The summed E-state index contributed by atoms with van der Waals surface area (Å²) >= 11 is 0. The third-order valence-electron chi connectivity index (χ3n) is 9.65. The Morgan fingerprint density at radius 1 is 0.915 bits per heavy atom. The van der Waals surface area contributed by atoms with Crippen LogP contribution in [-0.4, -0.2) is 45.8 Å². The molecule has 8 nitrogen and oxygen atoms in total. The van der Waals surface area contributed by atoms with Crippen molar-refractivity contribution < 1.29 is 14.3 Å². The van der Waals surface area contributed by atoms with Crippen LogP contribution in [0.4, 0.5) is 16.3 Å². The number of fused-ring (bicyclic) bond motifs is 2. The molecule has 1 aromatic heterocycles. The quantitative estimate of drug-likeness (QED) is 0.195. The van der Waals surface area contributed by atoms with Gasteiger partial charge in [-0.15, -0.1) is 0 Å². The Kier molecular flexibility index (Phi) is 9.39. The second-order valence-corrected chi connectivity index (χ2v) is 14.2. The monoisotopic (exact) mass is 633 g/mol. The minimum atomic E-state index is -0.314. The lowest BCUT2D eigenvalue weighted by Gasteiger charge is -2.39. The Morgan fingerprint density at radius 3 is 2.26 bits per heavy atom. The molecule has 0 radical (unpaired) electrons. The van der Waals surface area contributed by atoms with Gasteiger partial charge in [0.05, 0.1) is 18.5 Å². The molecule has 0 spiro atoms. The number of nitrogens with zero attached hydrogens (tertiary/aromatic N) is 3. The number of rotatable bonds is 9. The molecule has 0 aliphatic carbocycles. The fourth-order valence-electron chi connectivity index (χ4n) is 7.20. The van der Waals surface area contributed by atoms with Crippen LogP contribution in [0.25, 0.3) is 5.69 Å². The number of amides is 3. The standard InChI is InChI=1S/C39H47N5O3/c1-26-10-17-31(18-11-26)44-36(25-35(42-44)39(2,3)4)41-38(46)40-30-15-12-27(13-16-30)22-28-23-32-19-20-33(24-28)43(32)37(45)21-14-29-8-6-7-9-34(29)47-5/h6-13,15-18,25,28,32-33H,14,19-24H2,1-5H3,(H2,40,41,46). The Balaban J connectivity index is 1.03. The van der Waals surface area contributed by atoms with Crippen molar-refractivity contribution >= 4 is 23.4 Å². The molecule has 2 N–H and O–H groups in total. The van der Waals surface area contributed by atoms with Crippen LogP contribution >= 0.6 is 0 Å². The first-order chi connectivity index (χ1) is 22.6. The molecule has 0 saturated carbocycles. The third-order valence-corrected chi connectivity index (χ3v) is 9.65. The number of ether oxygens (including phenoxy) is 1. The van der Waals surface area contributed by atoms with Crippen LogP contribution in [0.2, 0.25) is 0 Å². The van der Waals surface area contributed by atoms with Crippen molar-refractivity contribution in [3.63, 3.8) is 0 Å². The zero-order valence-electron chi connectivity index (χ0n) is 28.3. The molecule has 2 saturated heterocycles. The lowest BCUT2D eigenvalue weighted by Crippen LogP contribution is -2.47. The number of benzene rings is 3. The summed E-state index contributed by atoms with van der Waals surface area (Å²) in [7, 11) is 1.68. The summed E-state index contributed by atoms with van der Waals surface area (Å²) in [6.45, 7) is 8.38. The van der Waals surface area contributed by atoms with Crippen molar-refractivity contribution in [3.05, 3.63) is 101 Å².